The Labute approximate surface area is 214 Å². The second-order valence-corrected chi connectivity index (χ2v) is 18.3. The van der Waals surface area contributed by atoms with Gasteiger partial charge in [0.05, 0.1) is 0 Å². The molecule has 1 nitrogen and oxygen atoms in total. The van der Waals surface area contributed by atoms with Gasteiger partial charge in [-0.2, -0.15) is 0 Å². The molecule has 0 unspecified atom stereocenters. The van der Waals surface area contributed by atoms with Gasteiger partial charge in [-0.25, -0.2) is 0 Å². The molecule has 0 amide bonds. The summed E-state index contributed by atoms with van der Waals surface area (Å²) in [5.74, 6) is 1.09. The number of hydrogen-bond acceptors (Lipinski definition) is 1. The minimum atomic E-state index is -0.261. The molecule has 190 valence electrons. The largest absolute Gasteiger partial charge is 0.344 e. The van der Waals surface area contributed by atoms with Gasteiger partial charge < -0.3 is 4.90 Å². The zero-order valence-electron chi connectivity index (χ0n) is 24.3. The van der Waals surface area contributed by atoms with Gasteiger partial charge in [0, 0.05) is 29.0 Å². The average Bonchev–Trinajstić information content (AvgIpc) is 2.72. The van der Waals surface area contributed by atoms with E-state index in [1.165, 1.54) is 22.5 Å². The van der Waals surface area contributed by atoms with Crippen molar-refractivity contribution in [3.63, 3.8) is 0 Å². The van der Waals surface area contributed by atoms with Crippen LogP contribution < -0.4 is 15.5 Å². The molecular weight excluding hydrogens is 448 g/mol. The maximum Gasteiger partial charge on any atom is 0.0486 e. The Morgan fingerprint density at radius 1 is 0.500 bits per heavy atom. The lowest BCUT2D eigenvalue weighted by atomic mass is 10.0. The molecule has 0 fully saturated rings. The topological polar surface area (TPSA) is 3.24 Å². The summed E-state index contributed by atoms with van der Waals surface area (Å²) >= 11 is 0. The predicted octanol–water partition coefficient (Wildman–Crippen LogP) is 9.55. The quantitative estimate of drug-likeness (QED) is 0.294. The number of anilines is 2. The van der Waals surface area contributed by atoms with Gasteiger partial charge in [0.1, 0.15) is 0 Å². The van der Waals surface area contributed by atoms with Crippen molar-refractivity contribution in [2.45, 2.75) is 118 Å². The predicted molar refractivity (Wildman–Crippen MR) is 163 cm³/mol. The van der Waals surface area contributed by atoms with E-state index in [1.807, 2.05) is 0 Å². The summed E-state index contributed by atoms with van der Waals surface area (Å²) in [5.41, 5.74) is 8.38. The molecule has 0 aromatic heterocycles. The van der Waals surface area contributed by atoms with E-state index in [9.17, 15) is 0 Å². The second-order valence-electron chi connectivity index (χ2n) is 11.6. The van der Waals surface area contributed by atoms with Crippen LogP contribution in [0.1, 0.15) is 106 Å². The first-order chi connectivity index (χ1) is 15.8. The summed E-state index contributed by atoms with van der Waals surface area (Å²) in [4.78, 5) is 2.53. The fourth-order valence-electron chi connectivity index (χ4n) is 5.22. The van der Waals surface area contributed by atoms with Crippen molar-refractivity contribution < 1.29 is 0 Å². The highest BCUT2D eigenvalue weighted by Gasteiger charge is 2.28. The first-order valence-electron chi connectivity index (χ1n) is 13.4. The van der Waals surface area contributed by atoms with Gasteiger partial charge in [0.15, 0.2) is 0 Å². The van der Waals surface area contributed by atoms with Crippen LogP contribution in [0.5, 0.6) is 0 Å². The summed E-state index contributed by atoms with van der Waals surface area (Å²) in [5, 5.41) is 3.15. The monoisotopic (exact) mass is 499 g/mol. The minimum absolute atomic E-state index is 0.261. The SMILES string of the molecule is CC(C)c1ccc(N(C)c2ccc(C(C)C)cc2P(C(C)C)C(C)C)c(P(C(C)C)C(C)C)c1. The van der Waals surface area contributed by atoms with Crippen LogP contribution >= 0.6 is 15.8 Å². The summed E-state index contributed by atoms with van der Waals surface area (Å²) in [6.45, 7) is 28.6. The zero-order chi connectivity index (χ0) is 25.9. The highest BCUT2D eigenvalue weighted by atomic mass is 31.1. The Bertz CT molecular complexity index is 836. The van der Waals surface area contributed by atoms with Gasteiger partial charge in [-0.15, -0.1) is 0 Å². The van der Waals surface area contributed by atoms with Crippen molar-refractivity contribution in [1.29, 1.82) is 0 Å². The summed E-state index contributed by atoms with van der Waals surface area (Å²) in [7, 11) is 1.79. The normalized spacial score (nSPS) is 12.6. The van der Waals surface area contributed by atoms with Crippen molar-refractivity contribution in [1.82, 2.24) is 0 Å². The van der Waals surface area contributed by atoms with E-state index < -0.39 is 0 Å². The molecule has 0 N–H and O–H groups in total. The smallest absolute Gasteiger partial charge is 0.0486 e. The lowest BCUT2D eigenvalue weighted by molar-refractivity contribution is 0.866. The Balaban J connectivity index is 2.79. The maximum atomic E-state index is 2.54. The molecule has 0 aliphatic heterocycles. The average molecular weight is 500 g/mol. The van der Waals surface area contributed by atoms with Crippen LogP contribution in [0.25, 0.3) is 0 Å². The Hall–Kier alpha value is -0.900. The van der Waals surface area contributed by atoms with E-state index in [0.717, 1.165) is 0 Å². The van der Waals surface area contributed by atoms with Gasteiger partial charge in [-0.3, -0.25) is 0 Å². The standard InChI is InChI=1S/C31H51NP2/c1-20(2)26-14-16-28(30(18-26)33(22(5)6)23(7)8)32(13)29-17-15-27(21(3)4)19-31(29)34(24(9)10)25(11)12/h14-25H,1-13H3. The molecule has 2 aromatic rings. The molecule has 0 atom stereocenters. The number of rotatable bonds is 10. The van der Waals surface area contributed by atoms with E-state index in [-0.39, 0.29) is 15.8 Å². The van der Waals surface area contributed by atoms with Crippen LogP contribution in [0.4, 0.5) is 11.4 Å². The Morgan fingerprint density at radius 2 is 0.794 bits per heavy atom. The van der Waals surface area contributed by atoms with E-state index in [0.29, 0.717) is 34.5 Å². The third kappa shape index (κ3) is 6.65. The van der Waals surface area contributed by atoms with Crippen molar-refractivity contribution >= 4 is 37.8 Å². The fraction of sp³-hybridized carbons (Fsp3) is 0.613. The molecule has 2 aromatic carbocycles. The number of hydrogen-bond donors (Lipinski definition) is 0. The van der Waals surface area contributed by atoms with E-state index in [2.05, 4.69) is 131 Å². The minimum Gasteiger partial charge on any atom is -0.344 e. The third-order valence-corrected chi connectivity index (χ3v) is 13.1. The van der Waals surface area contributed by atoms with Crippen LogP contribution in [-0.2, 0) is 0 Å². The molecule has 2 rings (SSSR count). The maximum absolute atomic E-state index is 2.54. The van der Waals surface area contributed by atoms with Crippen LogP contribution in [0.3, 0.4) is 0 Å². The van der Waals surface area contributed by atoms with Crippen LogP contribution in [-0.4, -0.2) is 29.7 Å². The molecule has 0 aliphatic rings. The van der Waals surface area contributed by atoms with E-state index in [4.69, 9.17) is 0 Å². The summed E-state index contributed by atoms with van der Waals surface area (Å²) < 4.78 is 0. The fourth-order valence-corrected chi connectivity index (χ4v) is 11.4. The molecule has 3 heteroatoms. The van der Waals surface area contributed by atoms with Crippen molar-refractivity contribution in [2.24, 2.45) is 0 Å². The Kier molecular flexibility index (Phi) is 10.7. The molecule has 34 heavy (non-hydrogen) atoms. The molecule has 0 saturated carbocycles. The molecule has 0 aliphatic carbocycles. The Morgan fingerprint density at radius 3 is 1.03 bits per heavy atom. The molecule has 0 heterocycles. The van der Waals surface area contributed by atoms with Gasteiger partial charge in [0.2, 0.25) is 0 Å². The van der Waals surface area contributed by atoms with Crippen LogP contribution in [0.15, 0.2) is 36.4 Å². The summed E-state index contributed by atoms with van der Waals surface area (Å²) in [6, 6.07) is 14.6. The number of benzene rings is 2. The lowest BCUT2D eigenvalue weighted by Gasteiger charge is -2.35. The van der Waals surface area contributed by atoms with Gasteiger partial charge in [-0.1, -0.05) is 111 Å². The zero-order valence-corrected chi connectivity index (χ0v) is 26.1. The van der Waals surface area contributed by atoms with Crippen LogP contribution in [0, 0.1) is 0 Å². The van der Waals surface area contributed by atoms with E-state index in [1.54, 1.807) is 10.6 Å². The molecular formula is C31H51NP2. The summed E-state index contributed by atoms with van der Waals surface area (Å²) in [6.07, 6.45) is 0. The number of nitrogens with zero attached hydrogens (tertiary/aromatic N) is 1. The van der Waals surface area contributed by atoms with E-state index >= 15 is 0 Å². The van der Waals surface area contributed by atoms with Gasteiger partial charge >= 0.3 is 0 Å². The highest BCUT2D eigenvalue weighted by Crippen LogP contribution is 2.50. The molecule has 0 saturated heterocycles. The van der Waals surface area contributed by atoms with Crippen molar-refractivity contribution in [2.75, 3.05) is 11.9 Å². The van der Waals surface area contributed by atoms with Crippen molar-refractivity contribution in [3.05, 3.63) is 47.5 Å². The second kappa shape index (κ2) is 12.4. The first-order valence-corrected chi connectivity index (χ1v) is 16.3. The lowest BCUT2D eigenvalue weighted by Crippen LogP contribution is -2.28. The van der Waals surface area contributed by atoms with Crippen molar-refractivity contribution in [3.8, 4) is 0 Å². The molecule has 0 spiro atoms. The third-order valence-electron chi connectivity index (χ3n) is 6.84. The first kappa shape index (κ1) is 29.3. The van der Waals surface area contributed by atoms with Crippen LogP contribution in [0.2, 0.25) is 0 Å². The highest BCUT2D eigenvalue weighted by molar-refractivity contribution is 7.67. The van der Waals surface area contributed by atoms with Gasteiger partial charge in [0.25, 0.3) is 0 Å². The van der Waals surface area contributed by atoms with Gasteiger partial charge in [-0.05, 0) is 69.9 Å². The molecule has 0 radical (unpaired) electrons. The molecule has 0 bridgehead atoms.